The van der Waals surface area contributed by atoms with Crippen molar-refractivity contribution in [3.63, 3.8) is 0 Å². The quantitative estimate of drug-likeness (QED) is 0.676. The van der Waals surface area contributed by atoms with Gasteiger partial charge in [0.1, 0.15) is 17.0 Å². The number of thiocarbonyl (C=S) groups is 1. The molecule has 21 heavy (non-hydrogen) atoms. The van der Waals surface area contributed by atoms with Crippen LogP contribution in [0.4, 0.5) is 5.82 Å². The molecule has 4 heterocycles. The highest BCUT2D eigenvalue weighted by Crippen LogP contribution is 2.35. The van der Waals surface area contributed by atoms with E-state index in [0.29, 0.717) is 0 Å². The first kappa shape index (κ1) is 12.8. The van der Waals surface area contributed by atoms with Gasteiger partial charge in [0, 0.05) is 37.8 Å². The molecule has 1 saturated heterocycles. The molecule has 0 unspecified atom stereocenters. The van der Waals surface area contributed by atoms with Crippen LogP contribution < -0.4 is 4.90 Å². The second-order valence-corrected chi connectivity index (χ2v) is 6.17. The van der Waals surface area contributed by atoms with Gasteiger partial charge in [-0.2, -0.15) is 0 Å². The van der Waals surface area contributed by atoms with Crippen LogP contribution in [0.3, 0.4) is 0 Å². The summed E-state index contributed by atoms with van der Waals surface area (Å²) in [5.41, 5.74) is 2.75. The summed E-state index contributed by atoms with van der Waals surface area (Å²) in [4.78, 5) is 18.9. The summed E-state index contributed by atoms with van der Waals surface area (Å²) >= 11 is 6.67. The second-order valence-electron chi connectivity index (χ2n) is 4.96. The molecule has 4 rings (SSSR count). The Morgan fingerprint density at radius 3 is 2.81 bits per heavy atom. The summed E-state index contributed by atoms with van der Waals surface area (Å²) in [6, 6.07) is 4.02. The molecular weight excluding hydrogens is 302 g/mol. The first-order valence-electron chi connectivity index (χ1n) is 6.79. The van der Waals surface area contributed by atoms with E-state index in [1.165, 1.54) is 0 Å². The smallest absolute Gasteiger partial charge is 0.150 e. The first-order valence-corrected chi connectivity index (χ1v) is 8.08. The minimum absolute atomic E-state index is 0.931. The molecule has 3 aromatic heterocycles. The van der Waals surface area contributed by atoms with E-state index in [1.807, 2.05) is 12.3 Å². The Balaban J connectivity index is 1.80. The van der Waals surface area contributed by atoms with E-state index in [4.69, 9.17) is 12.2 Å². The van der Waals surface area contributed by atoms with Crippen LogP contribution >= 0.6 is 23.6 Å². The van der Waals surface area contributed by atoms with Gasteiger partial charge >= 0.3 is 0 Å². The SMILES string of the molecule is S=CN1CCN(c2ncnc3c2sc2ncccc23)CC1. The normalized spacial score (nSPS) is 15.8. The lowest BCUT2D eigenvalue weighted by Crippen LogP contribution is -2.45. The molecule has 0 amide bonds. The van der Waals surface area contributed by atoms with Crippen molar-refractivity contribution in [3.05, 3.63) is 24.7 Å². The molecule has 0 aliphatic carbocycles. The monoisotopic (exact) mass is 315 g/mol. The van der Waals surface area contributed by atoms with Gasteiger partial charge in [-0.05, 0) is 12.1 Å². The highest BCUT2D eigenvalue weighted by Gasteiger charge is 2.20. The van der Waals surface area contributed by atoms with E-state index in [-0.39, 0.29) is 0 Å². The minimum atomic E-state index is 0.931. The van der Waals surface area contributed by atoms with Crippen molar-refractivity contribution in [2.45, 2.75) is 0 Å². The van der Waals surface area contributed by atoms with E-state index in [1.54, 1.807) is 23.2 Å². The van der Waals surface area contributed by atoms with Gasteiger partial charge in [0.05, 0.1) is 15.7 Å². The molecule has 1 aliphatic heterocycles. The van der Waals surface area contributed by atoms with Crippen molar-refractivity contribution < 1.29 is 0 Å². The molecule has 0 radical (unpaired) electrons. The lowest BCUT2D eigenvalue weighted by molar-refractivity contribution is 0.400. The van der Waals surface area contributed by atoms with Crippen molar-refractivity contribution in [1.29, 1.82) is 0 Å². The molecule has 3 aromatic rings. The molecule has 1 aliphatic rings. The van der Waals surface area contributed by atoms with Crippen molar-refractivity contribution in [2.75, 3.05) is 31.1 Å². The summed E-state index contributed by atoms with van der Waals surface area (Å²) in [7, 11) is 0. The third-order valence-electron chi connectivity index (χ3n) is 3.77. The van der Waals surface area contributed by atoms with Crippen LogP contribution in [0.1, 0.15) is 0 Å². The predicted molar refractivity (Wildman–Crippen MR) is 90.2 cm³/mol. The molecule has 7 heteroatoms. The Kier molecular flexibility index (Phi) is 3.16. The number of piperazine rings is 1. The summed E-state index contributed by atoms with van der Waals surface area (Å²) in [5.74, 6) is 1.02. The molecule has 0 spiro atoms. The van der Waals surface area contributed by atoms with Crippen LogP contribution in [0, 0.1) is 0 Å². The van der Waals surface area contributed by atoms with Gasteiger partial charge in [0.25, 0.3) is 0 Å². The zero-order valence-corrected chi connectivity index (χ0v) is 12.9. The molecule has 0 atom stereocenters. The topological polar surface area (TPSA) is 45.2 Å². The Morgan fingerprint density at radius 1 is 1.14 bits per heavy atom. The third kappa shape index (κ3) is 2.13. The fourth-order valence-electron chi connectivity index (χ4n) is 2.66. The maximum atomic E-state index is 5.00. The summed E-state index contributed by atoms with van der Waals surface area (Å²) in [6.07, 6.45) is 3.48. The lowest BCUT2D eigenvalue weighted by atomic mass is 10.3. The van der Waals surface area contributed by atoms with Crippen molar-refractivity contribution in [1.82, 2.24) is 19.9 Å². The van der Waals surface area contributed by atoms with Crippen LogP contribution in [0.15, 0.2) is 24.7 Å². The van der Waals surface area contributed by atoms with Crippen LogP contribution in [0.2, 0.25) is 0 Å². The van der Waals surface area contributed by atoms with E-state index < -0.39 is 0 Å². The highest BCUT2D eigenvalue weighted by molar-refractivity contribution is 7.78. The van der Waals surface area contributed by atoms with E-state index in [9.17, 15) is 0 Å². The van der Waals surface area contributed by atoms with Crippen molar-refractivity contribution >= 4 is 55.3 Å². The minimum Gasteiger partial charge on any atom is -0.365 e. The second kappa shape index (κ2) is 5.16. The zero-order valence-electron chi connectivity index (χ0n) is 11.3. The molecule has 0 saturated carbocycles. The van der Waals surface area contributed by atoms with Crippen LogP contribution in [-0.2, 0) is 0 Å². The molecule has 0 aromatic carbocycles. The number of pyridine rings is 1. The summed E-state index contributed by atoms with van der Waals surface area (Å²) < 4.78 is 1.13. The van der Waals surface area contributed by atoms with Crippen LogP contribution in [0.5, 0.6) is 0 Å². The van der Waals surface area contributed by atoms with Crippen molar-refractivity contribution in [2.24, 2.45) is 0 Å². The number of fused-ring (bicyclic) bond motifs is 3. The number of hydrogen-bond acceptors (Lipinski definition) is 6. The number of nitrogens with zero attached hydrogens (tertiary/aromatic N) is 5. The fraction of sp³-hybridized carbons (Fsp3) is 0.286. The Bertz CT molecular complexity index is 807. The zero-order chi connectivity index (χ0) is 14.2. The fourth-order valence-corrected chi connectivity index (χ4v) is 3.99. The number of thiophene rings is 1. The third-order valence-corrected chi connectivity index (χ3v) is 5.17. The summed E-state index contributed by atoms with van der Waals surface area (Å²) in [6.45, 7) is 3.75. The van der Waals surface area contributed by atoms with Crippen molar-refractivity contribution in [3.8, 4) is 0 Å². The lowest BCUT2D eigenvalue weighted by Gasteiger charge is -2.34. The number of rotatable bonds is 2. The van der Waals surface area contributed by atoms with E-state index in [2.05, 4.69) is 30.8 Å². The molecule has 106 valence electrons. The molecule has 0 N–H and O–H groups in total. The predicted octanol–water partition coefficient (Wildman–Crippen LogP) is 2.32. The van der Waals surface area contributed by atoms with Gasteiger partial charge in [-0.1, -0.05) is 12.2 Å². The Morgan fingerprint density at radius 2 is 2.00 bits per heavy atom. The largest absolute Gasteiger partial charge is 0.365 e. The van der Waals surface area contributed by atoms with Crippen LogP contribution in [0.25, 0.3) is 20.4 Å². The number of aromatic nitrogens is 3. The molecular formula is C14H13N5S2. The van der Waals surface area contributed by atoms with Gasteiger partial charge in [-0.3, -0.25) is 0 Å². The average Bonchev–Trinajstić information content (AvgIpc) is 2.94. The van der Waals surface area contributed by atoms with Gasteiger partial charge in [-0.25, -0.2) is 15.0 Å². The van der Waals surface area contributed by atoms with Gasteiger partial charge < -0.3 is 9.80 Å². The Hall–Kier alpha value is -1.86. The molecule has 5 nitrogen and oxygen atoms in total. The maximum Gasteiger partial charge on any atom is 0.150 e. The summed E-state index contributed by atoms with van der Waals surface area (Å²) in [5, 5.41) is 1.11. The van der Waals surface area contributed by atoms with E-state index in [0.717, 1.165) is 52.4 Å². The van der Waals surface area contributed by atoms with Gasteiger partial charge in [-0.15, -0.1) is 11.3 Å². The Labute approximate surface area is 131 Å². The molecule has 0 bridgehead atoms. The first-order chi connectivity index (χ1) is 10.4. The highest BCUT2D eigenvalue weighted by atomic mass is 32.1. The standard InChI is InChI=1S/C14H13N5S2/c20-9-18-4-6-19(7-5-18)13-12-11(16-8-17-13)10-2-1-3-15-14(10)21-12/h1-3,8-9H,4-7H2. The van der Waals surface area contributed by atoms with Crippen LogP contribution in [-0.4, -0.2) is 51.5 Å². The number of anilines is 1. The van der Waals surface area contributed by atoms with Gasteiger partial charge in [0.15, 0.2) is 0 Å². The maximum absolute atomic E-state index is 5.00. The molecule has 1 fully saturated rings. The number of hydrogen-bond donors (Lipinski definition) is 0. The average molecular weight is 315 g/mol. The van der Waals surface area contributed by atoms with Gasteiger partial charge in [0.2, 0.25) is 0 Å². The van der Waals surface area contributed by atoms with E-state index >= 15 is 0 Å².